The summed E-state index contributed by atoms with van der Waals surface area (Å²) in [5.74, 6) is 1.81. The molecule has 0 saturated heterocycles. The predicted molar refractivity (Wildman–Crippen MR) is 52.9 cm³/mol. The summed E-state index contributed by atoms with van der Waals surface area (Å²) in [5, 5.41) is 11.0. The number of nitrogens with one attached hydrogen (secondary N) is 1. The van der Waals surface area contributed by atoms with Gasteiger partial charge in [-0.15, -0.1) is 10.2 Å². The molecule has 0 fully saturated rings. The second kappa shape index (κ2) is 4.70. The molecule has 2 heterocycles. The largest absolute Gasteiger partial charge is 0.447 e. The van der Waals surface area contributed by atoms with E-state index in [4.69, 9.17) is 4.42 Å². The van der Waals surface area contributed by atoms with Crippen LogP contribution in [-0.2, 0) is 20.0 Å². The molecule has 80 valence electrons. The van der Waals surface area contributed by atoms with E-state index < -0.39 is 0 Å². The van der Waals surface area contributed by atoms with E-state index in [1.165, 1.54) is 6.39 Å². The third-order valence-corrected chi connectivity index (χ3v) is 2.11. The molecular formula is C9H13N5O. The summed E-state index contributed by atoms with van der Waals surface area (Å²) < 4.78 is 7.00. The van der Waals surface area contributed by atoms with Crippen molar-refractivity contribution >= 4 is 0 Å². The first-order chi connectivity index (χ1) is 7.36. The third kappa shape index (κ3) is 2.63. The molecular weight excluding hydrogens is 194 g/mol. The highest BCUT2D eigenvalue weighted by atomic mass is 16.3. The van der Waals surface area contributed by atoms with E-state index in [2.05, 4.69) is 20.5 Å². The Bertz CT molecular complexity index is 394. The number of aromatic nitrogens is 4. The fraction of sp³-hybridized carbons (Fsp3) is 0.444. The van der Waals surface area contributed by atoms with Crippen molar-refractivity contribution in [1.29, 1.82) is 0 Å². The molecule has 2 aromatic rings. The molecule has 0 atom stereocenters. The summed E-state index contributed by atoms with van der Waals surface area (Å²) in [6.07, 6.45) is 5.69. The second-order valence-electron chi connectivity index (χ2n) is 3.25. The van der Waals surface area contributed by atoms with Gasteiger partial charge in [0.25, 0.3) is 0 Å². The van der Waals surface area contributed by atoms with Crippen LogP contribution in [-0.4, -0.2) is 26.3 Å². The summed E-state index contributed by atoms with van der Waals surface area (Å²) in [6, 6.07) is 0. The van der Waals surface area contributed by atoms with E-state index in [1.807, 2.05) is 11.6 Å². The van der Waals surface area contributed by atoms with Crippen LogP contribution in [0.4, 0.5) is 0 Å². The number of nitrogens with zero attached hydrogens (tertiary/aromatic N) is 4. The molecule has 0 aromatic carbocycles. The van der Waals surface area contributed by atoms with Crippen LogP contribution in [0.3, 0.4) is 0 Å². The van der Waals surface area contributed by atoms with E-state index >= 15 is 0 Å². The van der Waals surface area contributed by atoms with Gasteiger partial charge in [0.15, 0.2) is 6.39 Å². The summed E-state index contributed by atoms with van der Waals surface area (Å²) in [6.45, 7) is 1.53. The average molecular weight is 207 g/mol. The van der Waals surface area contributed by atoms with E-state index in [1.54, 1.807) is 12.5 Å². The number of hydrogen-bond acceptors (Lipinski definition) is 5. The minimum atomic E-state index is 0.692. The van der Waals surface area contributed by atoms with Crippen LogP contribution in [0.5, 0.6) is 0 Å². The standard InChI is InChI=1S/C9H13N5O/c1-14-6-12-13-9(14)2-3-10-4-8-5-11-7-15-8/h5-7,10H,2-4H2,1H3. The van der Waals surface area contributed by atoms with Crippen LogP contribution in [0.25, 0.3) is 0 Å². The maximum atomic E-state index is 5.09. The lowest BCUT2D eigenvalue weighted by Crippen LogP contribution is -2.17. The van der Waals surface area contributed by atoms with Crippen molar-refractivity contribution in [1.82, 2.24) is 25.1 Å². The van der Waals surface area contributed by atoms with Crippen molar-refractivity contribution in [3.8, 4) is 0 Å². The van der Waals surface area contributed by atoms with E-state index in [0.717, 1.165) is 24.6 Å². The van der Waals surface area contributed by atoms with Crippen LogP contribution in [0.1, 0.15) is 11.6 Å². The van der Waals surface area contributed by atoms with Crippen molar-refractivity contribution in [2.75, 3.05) is 6.54 Å². The highest BCUT2D eigenvalue weighted by molar-refractivity contribution is 4.88. The Labute approximate surface area is 87.3 Å². The fourth-order valence-corrected chi connectivity index (χ4v) is 1.27. The second-order valence-corrected chi connectivity index (χ2v) is 3.25. The van der Waals surface area contributed by atoms with Crippen LogP contribution < -0.4 is 5.32 Å². The van der Waals surface area contributed by atoms with Crippen molar-refractivity contribution in [3.05, 3.63) is 30.5 Å². The number of rotatable bonds is 5. The number of oxazole rings is 1. The molecule has 0 saturated carbocycles. The zero-order valence-corrected chi connectivity index (χ0v) is 8.55. The molecule has 2 rings (SSSR count). The van der Waals surface area contributed by atoms with Crippen molar-refractivity contribution in [3.63, 3.8) is 0 Å². The first kappa shape index (κ1) is 9.85. The fourth-order valence-electron chi connectivity index (χ4n) is 1.27. The molecule has 6 nitrogen and oxygen atoms in total. The van der Waals surface area contributed by atoms with Crippen LogP contribution in [0.2, 0.25) is 0 Å². The maximum absolute atomic E-state index is 5.09. The van der Waals surface area contributed by atoms with Gasteiger partial charge >= 0.3 is 0 Å². The Balaban J connectivity index is 1.70. The first-order valence-corrected chi connectivity index (χ1v) is 4.77. The highest BCUT2D eigenvalue weighted by Crippen LogP contribution is 1.95. The Kier molecular flexibility index (Phi) is 3.08. The average Bonchev–Trinajstić information content (AvgIpc) is 2.85. The van der Waals surface area contributed by atoms with Gasteiger partial charge in [-0.1, -0.05) is 0 Å². The highest BCUT2D eigenvalue weighted by Gasteiger charge is 2.00. The van der Waals surface area contributed by atoms with Gasteiger partial charge in [0.2, 0.25) is 0 Å². The molecule has 0 radical (unpaired) electrons. The molecule has 0 bridgehead atoms. The normalized spacial score (nSPS) is 10.7. The lowest BCUT2D eigenvalue weighted by Gasteiger charge is -2.01. The number of aryl methyl sites for hydroxylation is 1. The third-order valence-electron chi connectivity index (χ3n) is 2.11. The zero-order valence-electron chi connectivity index (χ0n) is 8.55. The summed E-state index contributed by atoms with van der Waals surface area (Å²) in [7, 11) is 1.94. The topological polar surface area (TPSA) is 68.8 Å². The lowest BCUT2D eigenvalue weighted by atomic mass is 10.4. The Morgan fingerprint density at radius 2 is 2.47 bits per heavy atom. The van der Waals surface area contributed by atoms with Crippen LogP contribution in [0.15, 0.2) is 23.3 Å². The zero-order chi connectivity index (χ0) is 10.5. The lowest BCUT2D eigenvalue weighted by molar-refractivity contribution is 0.478. The van der Waals surface area contributed by atoms with Gasteiger partial charge in [-0.05, 0) is 0 Å². The van der Waals surface area contributed by atoms with Crippen LogP contribution in [0, 0.1) is 0 Å². The van der Waals surface area contributed by atoms with Gasteiger partial charge in [0.1, 0.15) is 17.9 Å². The Morgan fingerprint density at radius 3 is 3.13 bits per heavy atom. The minimum absolute atomic E-state index is 0.692. The van der Waals surface area contributed by atoms with Gasteiger partial charge in [0, 0.05) is 20.0 Å². The summed E-state index contributed by atoms with van der Waals surface area (Å²) >= 11 is 0. The molecule has 15 heavy (non-hydrogen) atoms. The maximum Gasteiger partial charge on any atom is 0.180 e. The van der Waals surface area contributed by atoms with Gasteiger partial charge in [-0.2, -0.15) is 0 Å². The molecule has 0 spiro atoms. The molecule has 6 heteroatoms. The smallest absolute Gasteiger partial charge is 0.180 e. The monoisotopic (exact) mass is 207 g/mol. The molecule has 0 amide bonds. The Hall–Kier alpha value is -1.69. The van der Waals surface area contributed by atoms with Gasteiger partial charge in [0.05, 0.1) is 12.7 Å². The molecule has 0 aliphatic carbocycles. The van der Waals surface area contributed by atoms with Crippen molar-refractivity contribution < 1.29 is 4.42 Å². The summed E-state index contributed by atoms with van der Waals surface area (Å²) in [4.78, 5) is 3.83. The minimum Gasteiger partial charge on any atom is -0.447 e. The van der Waals surface area contributed by atoms with Gasteiger partial charge < -0.3 is 14.3 Å². The molecule has 0 aliphatic heterocycles. The first-order valence-electron chi connectivity index (χ1n) is 4.77. The summed E-state index contributed by atoms with van der Waals surface area (Å²) in [5.41, 5.74) is 0. The number of hydrogen-bond donors (Lipinski definition) is 1. The van der Waals surface area contributed by atoms with Gasteiger partial charge in [-0.3, -0.25) is 0 Å². The Morgan fingerprint density at radius 1 is 1.53 bits per heavy atom. The van der Waals surface area contributed by atoms with E-state index in [9.17, 15) is 0 Å². The van der Waals surface area contributed by atoms with E-state index in [0.29, 0.717) is 6.54 Å². The van der Waals surface area contributed by atoms with Crippen molar-refractivity contribution in [2.45, 2.75) is 13.0 Å². The van der Waals surface area contributed by atoms with Crippen molar-refractivity contribution in [2.24, 2.45) is 7.05 Å². The SMILES string of the molecule is Cn1cnnc1CCNCc1cnco1. The van der Waals surface area contributed by atoms with Crippen LogP contribution >= 0.6 is 0 Å². The predicted octanol–water partition coefficient (Wildman–Crippen LogP) is 0.135. The van der Waals surface area contributed by atoms with E-state index in [-0.39, 0.29) is 0 Å². The van der Waals surface area contributed by atoms with Gasteiger partial charge in [-0.25, -0.2) is 4.98 Å². The quantitative estimate of drug-likeness (QED) is 0.706. The molecule has 2 aromatic heterocycles. The molecule has 0 aliphatic rings. The molecule has 1 N–H and O–H groups in total. The molecule has 0 unspecified atom stereocenters.